The zero-order valence-electron chi connectivity index (χ0n) is 10.5. The van der Waals surface area contributed by atoms with Crippen LogP contribution in [0.3, 0.4) is 0 Å². The fraction of sp³-hybridized carbons (Fsp3) is 0.417. The molecule has 0 fully saturated rings. The Morgan fingerprint density at radius 1 is 1.28 bits per heavy atom. The molecule has 0 saturated carbocycles. The molecular weight excluding hydrogens is 254 g/mol. The summed E-state index contributed by atoms with van der Waals surface area (Å²) in [4.78, 5) is 13.5. The van der Waals surface area contributed by atoms with Crippen molar-refractivity contribution in [2.24, 2.45) is 0 Å². The maximum absolute atomic E-state index is 11.8. The van der Waals surface area contributed by atoms with Gasteiger partial charge >= 0.3 is 0 Å². The quantitative estimate of drug-likeness (QED) is 0.765. The van der Waals surface area contributed by atoms with Gasteiger partial charge in [-0.15, -0.1) is 0 Å². The average Bonchev–Trinajstić information content (AvgIpc) is 2.26. The van der Waals surface area contributed by atoms with Crippen LogP contribution in [0.2, 0.25) is 0 Å². The molecule has 0 atom stereocenters. The predicted molar refractivity (Wildman–Crippen MR) is 69.6 cm³/mol. The molecule has 18 heavy (non-hydrogen) atoms. The van der Waals surface area contributed by atoms with E-state index < -0.39 is 9.84 Å². The van der Waals surface area contributed by atoms with E-state index in [1.807, 2.05) is 0 Å². The number of Topliss-reactive ketones (excluding diaryl/α,β-unsaturated/α-hetero) is 1. The van der Waals surface area contributed by atoms with Gasteiger partial charge in [0.05, 0.1) is 12.3 Å². The number of hydrogen-bond donors (Lipinski definition) is 1. The van der Waals surface area contributed by atoms with Crippen LogP contribution in [-0.4, -0.2) is 56.4 Å². The van der Waals surface area contributed by atoms with Crippen LogP contribution in [0.4, 0.5) is 0 Å². The van der Waals surface area contributed by atoms with Crippen molar-refractivity contribution >= 4 is 15.6 Å². The van der Waals surface area contributed by atoms with Gasteiger partial charge in [0, 0.05) is 18.4 Å². The Labute approximate surface area is 107 Å². The summed E-state index contributed by atoms with van der Waals surface area (Å²) >= 11 is 0. The molecule has 0 aliphatic heterocycles. The van der Waals surface area contributed by atoms with Crippen LogP contribution in [0.25, 0.3) is 0 Å². The first-order valence-electron chi connectivity index (χ1n) is 5.46. The van der Waals surface area contributed by atoms with E-state index in [0.717, 1.165) is 0 Å². The molecule has 0 aromatic heterocycles. The minimum atomic E-state index is -3.01. The smallest absolute Gasteiger partial charge is 0.176 e. The van der Waals surface area contributed by atoms with Gasteiger partial charge in [-0.05, 0) is 31.3 Å². The second kappa shape index (κ2) is 5.97. The number of ketones is 1. The van der Waals surface area contributed by atoms with Gasteiger partial charge in [0.25, 0.3) is 0 Å². The van der Waals surface area contributed by atoms with Crippen LogP contribution >= 0.6 is 0 Å². The fourth-order valence-electron chi connectivity index (χ4n) is 1.38. The number of likely N-dealkylation sites (N-methyl/N-ethyl adjacent to an activating group) is 1. The van der Waals surface area contributed by atoms with E-state index in [4.69, 9.17) is 5.11 Å². The number of rotatable bonds is 6. The van der Waals surface area contributed by atoms with Crippen molar-refractivity contribution in [1.29, 1.82) is 0 Å². The molecule has 6 heteroatoms. The van der Waals surface area contributed by atoms with E-state index in [9.17, 15) is 13.2 Å². The van der Waals surface area contributed by atoms with Crippen LogP contribution in [0.1, 0.15) is 10.4 Å². The number of nitrogens with zero attached hydrogens (tertiary/aromatic N) is 1. The zero-order valence-corrected chi connectivity index (χ0v) is 11.3. The van der Waals surface area contributed by atoms with Gasteiger partial charge in [0.2, 0.25) is 0 Å². The van der Waals surface area contributed by atoms with Crippen molar-refractivity contribution in [1.82, 2.24) is 4.90 Å². The van der Waals surface area contributed by atoms with Crippen molar-refractivity contribution in [3.8, 4) is 5.75 Å². The lowest BCUT2D eigenvalue weighted by molar-refractivity contribution is 0.0949. The highest BCUT2D eigenvalue weighted by atomic mass is 32.2. The van der Waals surface area contributed by atoms with Gasteiger partial charge < -0.3 is 5.11 Å². The molecule has 0 aliphatic rings. The maximum Gasteiger partial charge on any atom is 0.176 e. The monoisotopic (exact) mass is 271 g/mol. The molecule has 1 aromatic carbocycles. The standard InChI is InChI=1S/C12H17NO4S/c1-13(7-8-18(2,16)17)9-12(15)10-3-5-11(14)6-4-10/h3-6,14H,7-9H2,1-2H3. The molecule has 0 radical (unpaired) electrons. The predicted octanol–water partition coefficient (Wildman–Crippen LogP) is 0.551. The number of sulfone groups is 1. The molecule has 0 bridgehead atoms. The van der Waals surface area contributed by atoms with Gasteiger partial charge in [-0.2, -0.15) is 0 Å². The maximum atomic E-state index is 11.8. The minimum Gasteiger partial charge on any atom is -0.508 e. The van der Waals surface area contributed by atoms with Crippen molar-refractivity contribution in [3.63, 3.8) is 0 Å². The Morgan fingerprint density at radius 2 is 1.83 bits per heavy atom. The number of aromatic hydroxyl groups is 1. The summed E-state index contributed by atoms with van der Waals surface area (Å²) in [5.74, 6) is 0.0368. The molecule has 0 aliphatic carbocycles. The number of carbonyl (C=O) groups excluding carboxylic acids is 1. The Bertz CT molecular complexity index is 507. The lowest BCUT2D eigenvalue weighted by Crippen LogP contribution is -2.30. The third-order valence-electron chi connectivity index (χ3n) is 2.45. The van der Waals surface area contributed by atoms with Gasteiger partial charge in [-0.1, -0.05) is 0 Å². The molecule has 0 saturated heterocycles. The minimum absolute atomic E-state index is 0.0341. The summed E-state index contributed by atoms with van der Waals surface area (Å²) in [7, 11) is -1.31. The molecule has 0 unspecified atom stereocenters. The molecule has 0 spiro atoms. The highest BCUT2D eigenvalue weighted by Crippen LogP contribution is 2.10. The highest BCUT2D eigenvalue weighted by Gasteiger charge is 2.11. The number of hydrogen-bond acceptors (Lipinski definition) is 5. The number of phenols is 1. The second-order valence-corrected chi connectivity index (χ2v) is 6.60. The first-order valence-corrected chi connectivity index (χ1v) is 7.52. The number of benzene rings is 1. The molecular formula is C12H17NO4S. The van der Waals surface area contributed by atoms with Gasteiger partial charge in [-0.3, -0.25) is 9.69 Å². The molecule has 1 aromatic rings. The Hall–Kier alpha value is -1.40. The third-order valence-corrected chi connectivity index (χ3v) is 3.37. The van der Waals surface area contributed by atoms with Crippen LogP contribution in [-0.2, 0) is 9.84 Å². The summed E-state index contributed by atoms with van der Waals surface area (Å²) in [6.07, 6.45) is 1.17. The first kappa shape index (κ1) is 14.7. The fourth-order valence-corrected chi connectivity index (χ4v) is 2.03. The van der Waals surface area contributed by atoms with E-state index in [0.29, 0.717) is 12.1 Å². The van der Waals surface area contributed by atoms with E-state index in [2.05, 4.69) is 0 Å². The van der Waals surface area contributed by atoms with Crippen LogP contribution in [0.15, 0.2) is 24.3 Å². The van der Waals surface area contributed by atoms with Crippen LogP contribution in [0, 0.1) is 0 Å². The van der Waals surface area contributed by atoms with Gasteiger partial charge in [0.1, 0.15) is 15.6 Å². The van der Waals surface area contributed by atoms with E-state index in [1.54, 1.807) is 24.1 Å². The third kappa shape index (κ3) is 5.29. The van der Waals surface area contributed by atoms with Crippen LogP contribution in [0.5, 0.6) is 5.75 Å². The van der Waals surface area contributed by atoms with Gasteiger partial charge in [-0.25, -0.2) is 8.42 Å². The SMILES string of the molecule is CN(CCS(C)(=O)=O)CC(=O)c1ccc(O)cc1. The second-order valence-electron chi connectivity index (χ2n) is 4.34. The van der Waals surface area contributed by atoms with E-state index in [1.165, 1.54) is 18.4 Å². The molecule has 5 nitrogen and oxygen atoms in total. The summed E-state index contributed by atoms with van der Waals surface area (Å²) in [6.45, 7) is 0.475. The Balaban J connectivity index is 2.52. The normalized spacial score (nSPS) is 11.7. The topological polar surface area (TPSA) is 74.7 Å². The summed E-state index contributed by atoms with van der Waals surface area (Å²) in [5.41, 5.74) is 0.499. The summed E-state index contributed by atoms with van der Waals surface area (Å²) in [5, 5.41) is 9.11. The first-order chi connectivity index (χ1) is 8.28. The Kier molecular flexibility index (Phi) is 4.86. The molecule has 0 amide bonds. The molecule has 1 N–H and O–H groups in total. The lowest BCUT2D eigenvalue weighted by atomic mass is 10.1. The number of phenolic OH excluding ortho intramolecular Hbond substituents is 1. The molecule has 1 rings (SSSR count). The summed E-state index contributed by atoms with van der Waals surface area (Å²) < 4.78 is 22.0. The average molecular weight is 271 g/mol. The van der Waals surface area contributed by atoms with Gasteiger partial charge in [0.15, 0.2) is 5.78 Å². The lowest BCUT2D eigenvalue weighted by Gasteiger charge is -2.14. The van der Waals surface area contributed by atoms with Crippen LogP contribution < -0.4 is 0 Å². The molecule has 100 valence electrons. The largest absolute Gasteiger partial charge is 0.508 e. The summed E-state index contributed by atoms with van der Waals surface area (Å²) in [6, 6.07) is 5.98. The zero-order chi connectivity index (χ0) is 13.8. The number of carbonyl (C=O) groups is 1. The van der Waals surface area contributed by atoms with Crippen molar-refractivity contribution in [2.45, 2.75) is 0 Å². The Morgan fingerprint density at radius 3 is 2.33 bits per heavy atom. The van der Waals surface area contributed by atoms with E-state index in [-0.39, 0.29) is 23.8 Å². The molecule has 0 heterocycles. The highest BCUT2D eigenvalue weighted by molar-refractivity contribution is 7.90. The van der Waals surface area contributed by atoms with Crippen molar-refractivity contribution in [2.75, 3.05) is 32.1 Å². The van der Waals surface area contributed by atoms with Crippen molar-refractivity contribution < 1.29 is 18.3 Å². The van der Waals surface area contributed by atoms with E-state index >= 15 is 0 Å². The van der Waals surface area contributed by atoms with Crippen molar-refractivity contribution in [3.05, 3.63) is 29.8 Å².